The maximum Gasteiger partial charge on any atom is 0.228 e. The van der Waals surface area contributed by atoms with Crippen LogP contribution in [0.5, 0.6) is 0 Å². The van der Waals surface area contributed by atoms with E-state index < -0.39 is 0 Å². The normalized spacial score (nSPS) is 26.4. The molecule has 2 amide bonds. The molecule has 0 spiro atoms. The van der Waals surface area contributed by atoms with Gasteiger partial charge >= 0.3 is 0 Å². The Labute approximate surface area is 137 Å². The maximum atomic E-state index is 13.0. The molecule has 5 nitrogen and oxygen atoms in total. The molecule has 2 N–H and O–H groups in total. The summed E-state index contributed by atoms with van der Waals surface area (Å²) in [5, 5.41) is 0. The Kier molecular flexibility index (Phi) is 4.66. The molecule has 1 aromatic rings. The molecule has 2 unspecified atom stereocenters. The van der Waals surface area contributed by atoms with Gasteiger partial charge < -0.3 is 15.5 Å². The molecule has 1 aromatic carbocycles. The first-order valence-corrected chi connectivity index (χ1v) is 8.43. The van der Waals surface area contributed by atoms with Gasteiger partial charge in [0.15, 0.2) is 0 Å². The van der Waals surface area contributed by atoms with E-state index in [1.807, 2.05) is 42.3 Å². The number of nitrogens with zero attached hydrogens (tertiary/aromatic N) is 2. The summed E-state index contributed by atoms with van der Waals surface area (Å²) in [6, 6.07) is 9.93. The second-order valence-corrected chi connectivity index (χ2v) is 6.67. The van der Waals surface area contributed by atoms with Crippen molar-refractivity contribution in [2.45, 2.75) is 37.8 Å². The van der Waals surface area contributed by atoms with Gasteiger partial charge in [0.05, 0.1) is 12.0 Å². The first kappa shape index (κ1) is 16.0. The minimum Gasteiger partial charge on any atom is -0.342 e. The Morgan fingerprint density at radius 1 is 1.13 bits per heavy atom. The molecule has 0 aliphatic carbocycles. The predicted molar refractivity (Wildman–Crippen MR) is 88.5 cm³/mol. The molecule has 2 atom stereocenters. The highest BCUT2D eigenvalue weighted by Crippen LogP contribution is 2.37. The largest absolute Gasteiger partial charge is 0.342 e. The number of rotatable bonds is 2. The van der Waals surface area contributed by atoms with Crippen molar-refractivity contribution in [1.82, 2.24) is 9.80 Å². The third-order valence-electron chi connectivity index (χ3n) is 5.17. The zero-order valence-electron chi connectivity index (χ0n) is 13.6. The van der Waals surface area contributed by atoms with E-state index in [2.05, 4.69) is 0 Å². The summed E-state index contributed by atoms with van der Waals surface area (Å²) >= 11 is 0. The number of hydrogen-bond donors (Lipinski definition) is 1. The van der Waals surface area contributed by atoms with Crippen LogP contribution in [0.1, 0.15) is 37.3 Å². The minimum atomic E-state index is -0.166. The van der Waals surface area contributed by atoms with E-state index in [1.54, 1.807) is 4.90 Å². The van der Waals surface area contributed by atoms with Gasteiger partial charge in [-0.1, -0.05) is 30.3 Å². The summed E-state index contributed by atoms with van der Waals surface area (Å²) in [6.45, 7) is 1.46. The van der Waals surface area contributed by atoms with Crippen LogP contribution in [-0.4, -0.2) is 47.8 Å². The first-order valence-electron chi connectivity index (χ1n) is 8.43. The first-order chi connectivity index (χ1) is 11.1. The van der Waals surface area contributed by atoms with Gasteiger partial charge in [-0.2, -0.15) is 0 Å². The van der Waals surface area contributed by atoms with Crippen LogP contribution in [0.4, 0.5) is 0 Å². The van der Waals surface area contributed by atoms with E-state index in [0.29, 0.717) is 12.8 Å². The second kappa shape index (κ2) is 6.71. The highest BCUT2D eigenvalue weighted by molar-refractivity contribution is 5.85. The van der Waals surface area contributed by atoms with Crippen LogP contribution in [0.3, 0.4) is 0 Å². The fourth-order valence-corrected chi connectivity index (χ4v) is 3.76. The molecule has 5 heteroatoms. The molecular weight excluding hydrogens is 290 g/mol. The molecule has 2 fully saturated rings. The molecule has 23 heavy (non-hydrogen) atoms. The molecule has 2 aliphatic heterocycles. The summed E-state index contributed by atoms with van der Waals surface area (Å²) < 4.78 is 0. The van der Waals surface area contributed by atoms with E-state index in [0.717, 1.165) is 31.5 Å². The van der Waals surface area contributed by atoms with Crippen LogP contribution in [0, 0.1) is 5.92 Å². The summed E-state index contributed by atoms with van der Waals surface area (Å²) in [5.74, 6) is 0.128. The predicted octanol–water partition coefficient (Wildman–Crippen LogP) is 1.55. The van der Waals surface area contributed by atoms with Crippen molar-refractivity contribution < 1.29 is 9.59 Å². The summed E-state index contributed by atoms with van der Waals surface area (Å²) in [4.78, 5) is 28.9. The van der Waals surface area contributed by atoms with Crippen LogP contribution < -0.4 is 5.73 Å². The number of piperidine rings is 2. The number of hydrogen-bond acceptors (Lipinski definition) is 3. The number of nitrogens with two attached hydrogens (primary N) is 1. The standard InChI is InChI=1S/C18H25N3O2/c1-20-16(22)8-7-15(17(20)13-5-3-2-4-6-13)18(23)21-11-9-14(19)10-12-21/h2-6,14-15,17H,7-12,19H2,1H3. The van der Waals surface area contributed by atoms with Crippen molar-refractivity contribution in [3.63, 3.8) is 0 Å². The Balaban J connectivity index is 1.83. The van der Waals surface area contributed by atoms with Gasteiger partial charge in [-0.3, -0.25) is 9.59 Å². The maximum absolute atomic E-state index is 13.0. The Morgan fingerprint density at radius 2 is 1.78 bits per heavy atom. The summed E-state index contributed by atoms with van der Waals surface area (Å²) in [7, 11) is 1.81. The molecule has 2 heterocycles. The SMILES string of the molecule is CN1C(=O)CCC(C(=O)N2CCC(N)CC2)C1c1ccccc1. The van der Waals surface area contributed by atoms with Crippen LogP contribution >= 0.6 is 0 Å². The third-order valence-corrected chi connectivity index (χ3v) is 5.17. The van der Waals surface area contributed by atoms with E-state index in [-0.39, 0.29) is 29.8 Å². The molecule has 2 aliphatic rings. The van der Waals surface area contributed by atoms with Gasteiger partial charge in [-0.05, 0) is 24.8 Å². The molecule has 124 valence electrons. The van der Waals surface area contributed by atoms with Gasteiger partial charge in [0.2, 0.25) is 11.8 Å². The quantitative estimate of drug-likeness (QED) is 0.900. The van der Waals surface area contributed by atoms with Crippen LogP contribution in [0.15, 0.2) is 30.3 Å². The second-order valence-electron chi connectivity index (χ2n) is 6.67. The van der Waals surface area contributed by atoms with E-state index >= 15 is 0 Å². The van der Waals surface area contributed by atoms with Crippen LogP contribution in [0.25, 0.3) is 0 Å². The average molecular weight is 315 g/mol. The minimum absolute atomic E-state index is 0.114. The number of amides is 2. The van der Waals surface area contributed by atoms with Gasteiger partial charge in [-0.25, -0.2) is 0 Å². The zero-order valence-corrected chi connectivity index (χ0v) is 13.6. The highest BCUT2D eigenvalue weighted by atomic mass is 16.2. The smallest absolute Gasteiger partial charge is 0.228 e. The Hall–Kier alpha value is -1.88. The topological polar surface area (TPSA) is 66.6 Å². The molecule has 0 bridgehead atoms. The van der Waals surface area contributed by atoms with Crippen LogP contribution in [-0.2, 0) is 9.59 Å². The fourth-order valence-electron chi connectivity index (χ4n) is 3.76. The van der Waals surface area contributed by atoms with Gasteiger partial charge in [0.1, 0.15) is 0 Å². The fraction of sp³-hybridized carbons (Fsp3) is 0.556. The van der Waals surface area contributed by atoms with Crippen molar-refractivity contribution in [1.29, 1.82) is 0 Å². The Morgan fingerprint density at radius 3 is 2.43 bits per heavy atom. The van der Waals surface area contributed by atoms with Crippen molar-refractivity contribution in [3.05, 3.63) is 35.9 Å². The van der Waals surface area contributed by atoms with Crippen LogP contribution in [0.2, 0.25) is 0 Å². The molecular formula is C18H25N3O2. The van der Waals surface area contributed by atoms with Crippen molar-refractivity contribution in [3.8, 4) is 0 Å². The monoisotopic (exact) mass is 315 g/mol. The van der Waals surface area contributed by atoms with Gasteiger partial charge in [0, 0.05) is 32.6 Å². The van der Waals surface area contributed by atoms with E-state index in [1.165, 1.54) is 0 Å². The molecule has 0 radical (unpaired) electrons. The number of likely N-dealkylation sites (tertiary alicyclic amines) is 2. The number of carbonyl (C=O) groups excluding carboxylic acids is 2. The van der Waals surface area contributed by atoms with Crippen molar-refractivity contribution in [2.24, 2.45) is 11.7 Å². The number of benzene rings is 1. The zero-order chi connectivity index (χ0) is 16.4. The van der Waals surface area contributed by atoms with E-state index in [4.69, 9.17) is 5.73 Å². The van der Waals surface area contributed by atoms with Gasteiger partial charge in [0.25, 0.3) is 0 Å². The molecule has 2 saturated heterocycles. The lowest BCUT2D eigenvalue weighted by molar-refractivity contribution is -0.147. The molecule has 0 aromatic heterocycles. The lowest BCUT2D eigenvalue weighted by Gasteiger charge is -2.41. The summed E-state index contributed by atoms with van der Waals surface area (Å²) in [6.07, 6.45) is 2.81. The third kappa shape index (κ3) is 3.24. The summed E-state index contributed by atoms with van der Waals surface area (Å²) in [5.41, 5.74) is 6.98. The van der Waals surface area contributed by atoms with Crippen molar-refractivity contribution in [2.75, 3.05) is 20.1 Å². The van der Waals surface area contributed by atoms with E-state index in [9.17, 15) is 9.59 Å². The lowest BCUT2D eigenvalue weighted by Crippen LogP contribution is -2.50. The average Bonchev–Trinajstić information content (AvgIpc) is 2.58. The Bertz CT molecular complexity index is 567. The lowest BCUT2D eigenvalue weighted by atomic mass is 9.83. The molecule has 0 saturated carbocycles. The van der Waals surface area contributed by atoms with Gasteiger partial charge in [-0.15, -0.1) is 0 Å². The highest BCUT2D eigenvalue weighted by Gasteiger charge is 2.40. The number of carbonyl (C=O) groups is 2. The molecule has 3 rings (SSSR count). The van der Waals surface area contributed by atoms with Crippen molar-refractivity contribution >= 4 is 11.8 Å².